The molecule has 3 nitrogen and oxygen atoms in total. The first-order valence-electron chi connectivity index (χ1n) is 6.77. The highest BCUT2D eigenvalue weighted by Gasteiger charge is 2.21. The quantitative estimate of drug-likeness (QED) is 0.561. The maximum atomic E-state index is 6.04. The van der Waals surface area contributed by atoms with E-state index in [0.717, 1.165) is 17.7 Å². The van der Waals surface area contributed by atoms with Crippen molar-refractivity contribution in [2.75, 3.05) is 19.0 Å². The van der Waals surface area contributed by atoms with Gasteiger partial charge in [-0.1, -0.05) is 29.8 Å². The van der Waals surface area contributed by atoms with Gasteiger partial charge < -0.3 is 13.3 Å². The van der Waals surface area contributed by atoms with E-state index in [2.05, 4.69) is 43.8 Å². The van der Waals surface area contributed by atoms with Crippen molar-refractivity contribution in [3.8, 4) is 0 Å². The summed E-state index contributed by atoms with van der Waals surface area (Å²) in [6.07, 6.45) is 0.864. The van der Waals surface area contributed by atoms with Crippen molar-refractivity contribution in [1.29, 1.82) is 0 Å². The zero-order chi connectivity index (χ0) is 14.1. The first-order chi connectivity index (χ1) is 9.21. The third-order valence-electron chi connectivity index (χ3n) is 2.72. The van der Waals surface area contributed by atoms with E-state index in [9.17, 15) is 0 Å². The summed E-state index contributed by atoms with van der Waals surface area (Å²) < 4.78 is 17.2. The second kappa shape index (κ2) is 9.55. The molecule has 0 aliphatic rings. The van der Waals surface area contributed by atoms with Crippen LogP contribution in [0.1, 0.15) is 37.5 Å². The molecule has 0 spiro atoms. The van der Waals surface area contributed by atoms with Gasteiger partial charge in [-0.25, -0.2) is 0 Å². The van der Waals surface area contributed by atoms with Crippen molar-refractivity contribution >= 4 is 22.2 Å². The Balaban J connectivity index is 2.72. The van der Waals surface area contributed by atoms with E-state index in [1.165, 1.54) is 5.56 Å². The van der Waals surface area contributed by atoms with Crippen LogP contribution in [-0.4, -0.2) is 28.5 Å². The van der Waals surface area contributed by atoms with E-state index in [1.54, 1.807) is 0 Å². The van der Waals surface area contributed by atoms with Gasteiger partial charge in [0, 0.05) is 13.2 Å². The van der Waals surface area contributed by atoms with E-state index in [-0.39, 0.29) is 6.10 Å². The Labute approximate surface area is 123 Å². The molecule has 0 heterocycles. The predicted molar refractivity (Wildman–Crippen MR) is 83.9 cm³/mol. The lowest BCUT2D eigenvalue weighted by atomic mass is 10.1. The van der Waals surface area contributed by atoms with Gasteiger partial charge in [0.1, 0.15) is 0 Å². The van der Waals surface area contributed by atoms with Gasteiger partial charge >= 0.3 is 9.53 Å². The minimum atomic E-state index is -2.04. The predicted octanol–water partition coefficient (Wildman–Crippen LogP) is 3.16. The van der Waals surface area contributed by atoms with E-state index in [0.29, 0.717) is 13.2 Å². The Morgan fingerprint density at radius 1 is 1.11 bits per heavy atom. The number of thiol groups is 1. The maximum Gasteiger partial charge on any atom is 0.484 e. The lowest BCUT2D eigenvalue weighted by molar-refractivity contribution is 0.0615. The summed E-state index contributed by atoms with van der Waals surface area (Å²) in [7, 11) is -2.04. The maximum absolute atomic E-state index is 6.04. The average molecular weight is 300 g/mol. The monoisotopic (exact) mass is 300 g/mol. The van der Waals surface area contributed by atoms with Crippen LogP contribution in [0.25, 0.3) is 0 Å². The Hall–Kier alpha value is -0.333. The second-order valence-corrected chi connectivity index (χ2v) is 6.21. The lowest BCUT2D eigenvalue weighted by Crippen LogP contribution is -2.29. The van der Waals surface area contributed by atoms with Crippen LogP contribution in [0, 0.1) is 6.92 Å². The molecule has 0 fully saturated rings. The van der Waals surface area contributed by atoms with Gasteiger partial charge in [0.05, 0.1) is 6.10 Å². The summed E-state index contributed by atoms with van der Waals surface area (Å²) in [4.78, 5) is 0. The average Bonchev–Trinajstić information content (AvgIpc) is 2.40. The molecule has 5 heteroatoms. The molecular formula is C14H24O3SSi. The fourth-order valence-electron chi connectivity index (χ4n) is 1.74. The van der Waals surface area contributed by atoms with Gasteiger partial charge in [0.2, 0.25) is 0 Å². The highest BCUT2D eigenvalue weighted by Crippen LogP contribution is 2.23. The molecule has 1 aromatic rings. The van der Waals surface area contributed by atoms with E-state index < -0.39 is 9.53 Å². The van der Waals surface area contributed by atoms with Crippen LogP contribution in [0.5, 0.6) is 0 Å². The van der Waals surface area contributed by atoms with Crippen LogP contribution in [0.3, 0.4) is 0 Å². The van der Waals surface area contributed by atoms with Gasteiger partial charge in [0.25, 0.3) is 0 Å². The molecule has 19 heavy (non-hydrogen) atoms. The van der Waals surface area contributed by atoms with Gasteiger partial charge in [-0.2, -0.15) is 12.6 Å². The van der Waals surface area contributed by atoms with Crippen molar-refractivity contribution in [3.63, 3.8) is 0 Å². The van der Waals surface area contributed by atoms with Crippen LogP contribution in [-0.2, 0) is 13.3 Å². The molecule has 0 radical (unpaired) electrons. The Morgan fingerprint density at radius 2 is 1.68 bits per heavy atom. The molecule has 1 unspecified atom stereocenters. The van der Waals surface area contributed by atoms with Crippen molar-refractivity contribution in [3.05, 3.63) is 35.4 Å². The fraction of sp³-hybridized carbons (Fsp3) is 0.571. The van der Waals surface area contributed by atoms with Crippen molar-refractivity contribution in [2.24, 2.45) is 0 Å². The Kier molecular flexibility index (Phi) is 8.41. The third kappa shape index (κ3) is 6.10. The van der Waals surface area contributed by atoms with Crippen molar-refractivity contribution in [1.82, 2.24) is 0 Å². The van der Waals surface area contributed by atoms with Crippen LogP contribution in [0.15, 0.2) is 24.3 Å². The molecule has 0 saturated carbocycles. The first kappa shape index (κ1) is 16.7. The minimum Gasteiger partial charge on any atom is -0.376 e. The van der Waals surface area contributed by atoms with Gasteiger partial charge in [0.15, 0.2) is 0 Å². The van der Waals surface area contributed by atoms with Gasteiger partial charge in [-0.05, 0) is 38.5 Å². The molecule has 1 rings (SSSR count). The molecule has 108 valence electrons. The molecule has 1 aromatic carbocycles. The fourth-order valence-corrected chi connectivity index (χ4v) is 3.34. The first-order valence-corrected chi connectivity index (χ1v) is 8.82. The van der Waals surface area contributed by atoms with E-state index >= 15 is 0 Å². The zero-order valence-corrected chi connectivity index (χ0v) is 14.0. The molecule has 0 aromatic heterocycles. The van der Waals surface area contributed by atoms with Crippen LogP contribution in [0.2, 0.25) is 0 Å². The topological polar surface area (TPSA) is 27.7 Å². The standard InChI is InChI=1S/C14H24O3SSi/c1-4-15-19(16-5-2)17-14(10-11-18)13-8-6-12(3)7-9-13/h6-9,14,18-19H,4-5,10-11H2,1-3H3. The number of hydrogen-bond acceptors (Lipinski definition) is 4. The summed E-state index contributed by atoms with van der Waals surface area (Å²) >= 11 is 4.31. The molecule has 0 aliphatic heterocycles. The Morgan fingerprint density at radius 3 is 2.16 bits per heavy atom. The number of aryl methyl sites for hydroxylation is 1. The molecule has 0 bridgehead atoms. The molecule has 0 aliphatic carbocycles. The summed E-state index contributed by atoms with van der Waals surface area (Å²) in [6.45, 7) is 7.25. The molecule has 0 N–H and O–H groups in total. The van der Waals surface area contributed by atoms with E-state index in [4.69, 9.17) is 13.3 Å². The molecular weight excluding hydrogens is 276 g/mol. The summed E-state index contributed by atoms with van der Waals surface area (Å²) in [5, 5.41) is 0. The molecule has 0 amide bonds. The van der Waals surface area contributed by atoms with E-state index in [1.807, 2.05) is 13.8 Å². The summed E-state index contributed by atoms with van der Waals surface area (Å²) in [5.74, 6) is 0.776. The van der Waals surface area contributed by atoms with Gasteiger partial charge in [-0.3, -0.25) is 0 Å². The minimum absolute atomic E-state index is 0.00728. The van der Waals surface area contributed by atoms with Crippen LogP contribution in [0.4, 0.5) is 0 Å². The normalized spacial score (nSPS) is 12.9. The largest absolute Gasteiger partial charge is 0.484 e. The number of rotatable bonds is 9. The summed E-state index contributed by atoms with van der Waals surface area (Å²) in [5.41, 5.74) is 2.41. The molecule has 0 saturated heterocycles. The smallest absolute Gasteiger partial charge is 0.376 e. The van der Waals surface area contributed by atoms with Crippen molar-refractivity contribution < 1.29 is 13.3 Å². The number of benzene rings is 1. The third-order valence-corrected chi connectivity index (χ3v) is 4.74. The SMILES string of the molecule is CCO[SiH](OCC)OC(CCS)c1ccc(C)cc1. The van der Waals surface area contributed by atoms with Crippen LogP contribution < -0.4 is 0 Å². The number of hydrogen-bond donors (Lipinski definition) is 1. The highest BCUT2D eigenvalue weighted by atomic mass is 32.1. The molecule has 1 atom stereocenters. The van der Waals surface area contributed by atoms with Gasteiger partial charge in [-0.15, -0.1) is 0 Å². The Bertz CT molecular complexity index is 339. The second-order valence-electron chi connectivity index (χ2n) is 4.25. The summed E-state index contributed by atoms with van der Waals surface area (Å²) in [6, 6.07) is 8.41. The highest BCUT2D eigenvalue weighted by molar-refractivity contribution is 7.80. The van der Waals surface area contributed by atoms with Crippen molar-refractivity contribution in [2.45, 2.75) is 33.3 Å². The van der Waals surface area contributed by atoms with Crippen LogP contribution >= 0.6 is 12.6 Å². The zero-order valence-electron chi connectivity index (χ0n) is 12.0. The lowest BCUT2D eigenvalue weighted by Gasteiger charge is -2.23.